The SMILES string of the molecule is N#Cc1ccc(Nc2ccc(O)cc2)c(F)c1. The average Bonchev–Trinajstić information content (AvgIpc) is 2.34. The van der Waals surface area contributed by atoms with Crippen LogP contribution in [0, 0.1) is 17.1 Å². The Kier molecular flexibility index (Phi) is 2.93. The predicted molar refractivity (Wildman–Crippen MR) is 62.5 cm³/mol. The van der Waals surface area contributed by atoms with Gasteiger partial charge in [-0.2, -0.15) is 5.26 Å². The van der Waals surface area contributed by atoms with E-state index in [4.69, 9.17) is 10.4 Å². The number of anilines is 2. The Morgan fingerprint density at radius 2 is 1.82 bits per heavy atom. The number of benzene rings is 2. The lowest BCUT2D eigenvalue weighted by Crippen LogP contribution is -1.93. The van der Waals surface area contributed by atoms with Crippen LogP contribution in [0.2, 0.25) is 0 Å². The maximum Gasteiger partial charge on any atom is 0.147 e. The van der Waals surface area contributed by atoms with Crippen molar-refractivity contribution in [2.24, 2.45) is 0 Å². The molecule has 0 aliphatic rings. The van der Waals surface area contributed by atoms with Crippen molar-refractivity contribution in [3.8, 4) is 11.8 Å². The van der Waals surface area contributed by atoms with Crippen LogP contribution in [0.5, 0.6) is 5.75 Å². The highest BCUT2D eigenvalue weighted by Gasteiger charge is 2.03. The number of halogens is 1. The molecule has 0 aromatic heterocycles. The molecule has 2 rings (SSSR count). The molecule has 0 unspecified atom stereocenters. The van der Waals surface area contributed by atoms with E-state index in [0.717, 1.165) is 0 Å². The van der Waals surface area contributed by atoms with E-state index >= 15 is 0 Å². The van der Waals surface area contributed by atoms with Gasteiger partial charge in [0.15, 0.2) is 0 Å². The molecule has 0 amide bonds. The van der Waals surface area contributed by atoms with Gasteiger partial charge in [-0.25, -0.2) is 4.39 Å². The molecule has 2 N–H and O–H groups in total. The summed E-state index contributed by atoms with van der Waals surface area (Å²) in [6, 6.07) is 12.3. The fourth-order valence-corrected chi connectivity index (χ4v) is 1.39. The second kappa shape index (κ2) is 4.54. The third kappa shape index (κ3) is 2.52. The highest BCUT2D eigenvalue weighted by molar-refractivity contribution is 5.61. The summed E-state index contributed by atoms with van der Waals surface area (Å²) in [6.07, 6.45) is 0. The first-order valence-corrected chi connectivity index (χ1v) is 4.95. The van der Waals surface area contributed by atoms with Crippen LogP contribution >= 0.6 is 0 Å². The van der Waals surface area contributed by atoms with Gasteiger partial charge in [-0.05, 0) is 42.5 Å². The Labute approximate surface area is 97.8 Å². The summed E-state index contributed by atoms with van der Waals surface area (Å²) in [7, 11) is 0. The van der Waals surface area contributed by atoms with Crippen molar-refractivity contribution >= 4 is 11.4 Å². The predicted octanol–water partition coefficient (Wildman–Crippen LogP) is 3.15. The summed E-state index contributed by atoms with van der Waals surface area (Å²) in [6.45, 7) is 0. The number of nitrogens with one attached hydrogen (secondary N) is 1. The molecule has 0 aliphatic heterocycles. The van der Waals surface area contributed by atoms with Crippen LogP contribution in [0.3, 0.4) is 0 Å². The number of hydrogen-bond donors (Lipinski definition) is 2. The Morgan fingerprint density at radius 3 is 2.41 bits per heavy atom. The molecular weight excluding hydrogens is 219 g/mol. The lowest BCUT2D eigenvalue weighted by Gasteiger charge is -2.07. The molecule has 0 heterocycles. The first-order chi connectivity index (χ1) is 8.19. The van der Waals surface area contributed by atoms with E-state index in [-0.39, 0.29) is 17.0 Å². The number of phenolic OH excluding ortho intramolecular Hbond substituents is 1. The fraction of sp³-hybridized carbons (Fsp3) is 0. The summed E-state index contributed by atoms with van der Waals surface area (Å²) in [5, 5.41) is 20.6. The molecule has 2 aromatic carbocycles. The van der Waals surface area contributed by atoms with Gasteiger partial charge >= 0.3 is 0 Å². The van der Waals surface area contributed by atoms with Crippen LogP contribution in [0.1, 0.15) is 5.56 Å². The van der Waals surface area contributed by atoms with E-state index in [9.17, 15) is 4.39 Å². The second-order valence-corrected chi connectivity index (χ2v) is 3.48. The molecule has 0 saturated heterocycles. The quantitative estimate of drug-likeness (QED) is 0.776. The Balaban J connectivity index is 2.25. The minimum atomic E-state index is -0.489. The van der Waals surface area contributed by atoms with Crippen molar-refractivity contribution < 1.29 is 9.50 Å². The lowest BCUT2D eigenvalue weighted by molar-refractivity contribution is 0.475. The van der Waals surface area contributed by atoms with Crippen molar-refractivity contribution in [2.75, 3.05) is 5.32 Å². The molecular formula is C13H9FN2O. The average molecular weight is 228 g/mol. The van der Waals surface area contributed by atoms with Gasteiger partial charge in [-0.15, -0.1) is 0 Å². The van der Waals surface area contributed by atoms with E-state index in [0.29, 0.717) is 5.69 Å². The molecule has 0 saturated carbocycles. The second-order valence-electron chi connectivity index (χ2n) is 3.48. The van der Waals surface area contributed by atoms with Gasteiger partial charge in [0, 0.05) is 5.69 Å². The smallest absolute Gasteiger partial charge is 0.147 e. The maximum atomic E-state index is 13.5. The maximum absolute atomic E-state index is 13.5. The van der Waals surface area contributed by atoms with E-state index in [1.165, 1.54) is 30.3 Å². The van der Waals surface area contributed by atoms with Gasteiger partial charge in [-0.3, -0.25) is 0 Å². The summed E-state index contributed by atoms with van der Waals surface area (Å²) in [4.78, 5) is 0. The van der Waals surface area contributed by atoms with Crippen molar-refractivity contribution in [3.63, 3.8) is 0 Å². The molecule has 2 aromatic rings. The zero-order valence-electron chi connectivity index (χ0n) is 8.81. The van der Waals surface area contributed by atoms with Crippen LogP contribution in [-0.4, -0.2) is 5.11 Å². The third-order valence-corrected chi connectivity index (χ3v) is 2.24. The number of hydrogen-bond acceptors (Lipinski definition) is 3. The molecule has 17 heavy (non-hydrogen) atoms. The van der Waals surface area contributed by atoms with Crippen LogP contribution < -0.4 is 5.32 Å². The molecule has 0 radical (unpaired) electrons. The number of nitrogens with zero attached hydrogens (tertiary/aromatic N) is 1. The van der Waals surface area contributed by atoms with E-state index in [1.54, 1.807) is 12.1 Å². The first-order valence-electron chi connectivity index (χ1n) is 4.95. The van der Waals surface area contributed by atoms with Gasteiger partial charge in [0.05, 0.1) is 17.3 Å². The molecule has 84 valence electrons. The van der Waals surface area contributed by atoms with Crippen LogP contribution in [0.25, 0.3) is 0 Å². The van der Waals surface area contributed by atoms with Crippen LogP contribution in [0.15, 0.2) is 42.5 Å². The Morgan fingerprint density at radius 1 is 1.12 bits per heavy atom. The van der Waals surface area contributed by atoms with Gasteiger partial charge in [0.25, 0.3) is 0 Å². The largest absolute Gasteiger partial charge is 0.508 e. The molecule has 0 atom stereocenters. The van der Waals surface area contributed by atoms with Crippen LogP contribution in [0.4, 0.5) is 15.8 Å². The minimum Gasteiger partial charge on any atom is -0.508 e. The van der Waals surface area contributed by atoms with Gasteiger partial charge in [-0.1, -0.05) is 0 Å². The zero-order valence-corrected chi connectivity index (χ0v) is 8.81. The van der Waals surface area contributed by atoms with Crippen molar-refractivity contribution in [1.82, 2.24) is 0 Å². The molecule has 0 aliphatic carbocycles. The van der Waals surface area contributed by atoms with Crippen molar-refractivity contribution in [1.29, 1.82) is 5.26 Å². The number of aromatic hydroxyl groups is 1. The lowest BCUT2D eigenvalue weighted by atomic mass is 10.2. The van der Waals surface area contributed by atoms with E-state index < -0.39 is 5.82 Å². The van der Waals surface area contributed by atoms with Crippen molar-refractivity contribution in [3.05, 3.63) is 53.8 Å². The zero-order chi connectivity index (χ0) is 12.3. The minimum absolute atomic E-state index is 0.149. The third-order valence-electron chi connectivity index (χ3n) is 2.24. The van der Waals surface area contributed by atoms with E-state index in [2.05, 4.69) is 5.32 Å². The van der Waals surface area contributed by atoms with Crippen LogP contribution in [-0.2, 0) is 0 Å². The first kappa shape index (κ1) is 11.0. The Bertz CT molecular complexity index is 573. The number of nitriles is 1. The number of phenols is 1. The van der Waals surface area contributed by atoms with Crippen molar-refractivity contribution in [2.45, 2.75) is 0 Å². The monoisotopic (exact) mass is 228 g/mol. The molecule has 4 heteroatoms. The summed E-state index contributed by atoms with van der Waals surface area (Å²) in [5.41, 5.74) is 1.22. The highest BCUT2D eigenvalue weighted by atomic mass is 19.1. The standard InChI is InChI=1S/C13H9FN2O/c14-12-7-9(8-15)1-6-13(12)16-10-2-4-11(17)5-3-10/h1-7,16-17H. The molecule has 3 nitrogen and oxygen atoms in total. The molecule has 0 spiro atoms. The van der Waals surface area contributed by atoms with E-state index in [1.807, 2.05) is 6.07 Å². The molecule has 0 bridgehead atoms. The van der Waals surface area contributed by atoms with Gasteiger partial charge in [0.2, 0.25) is 0 Å². The summed E-state index contributed by atoms with van der Waals surface area (Å²) < 4.78 is 13.5. The number of rotatable bonds is 2. The topological polar surface area (TPSA) is 56.0 Å². The summed E-state index contributed by atoms with van der Waals surface area (Å²) in [5.74, 6) is -0.340. The van der Waals surface area contributed by atoms with Gasteiger partial charge in [0.1, 0.15) is 11.6 Å². The Hall–Kier alpha value is -2.54. The highest BCUT2D eigenvalue weighted by Crippen LogP contribution is 2.22. The fourth-order valence-electron chi connectivity index (χ4n) is 1.39. The van der Waals surface area contributed by atoms with Gasteiger partial charge < -0.3 is 10.4 Å². The molecule has 0 fully saturated rings. The normalized spacial score (nSPS) is 9.65. The summed E-state index contributed by atoms with van der Waals surface area (Å²) >= 11 is 0.